The topological polar surface area (TPSA) is 96.0 Å². The first-order chi connectivity index (χ1) is 15.3. The number of rotatable bonds is 5. The zero-order chi connectivity index (χ0) is 24.7. The van der Waals surface area contributed by atoms with Crippen molar-refractivity contribution in [3.63, 3.8) is 0 Å². The number of aryl methyl sites for hydroxylation is 1. The maximum atomic E-state index is 12.3. The van der Waals surface area contributed by atoms with Crippen LogP contribution in [0.2, 0.25) is 0 Å². The van der Waals surface area contributed by atoms with Crippen molar-refractivity contribution in [1.82, 2.24) is 0 Å². The van der Waals surface area contributed by atoms with Gasteiger partial charge < -0.3 is 5.11 Å². The van der Waals surface area contributed by atoms with Crippen molar-refractivity contribution in [2.45, 2.75) is 52.4 Å². The molecule has 0 saturated heterocycles. The molecule has 5 nitrogen and oxygen atoms in total. The molecule has 0 amide bonds. The van der Waals surface area contributed by atoms with Gasteiger partial charge in [-0.1, -0.05) is 45.9 Å². The molecule has 34 heavy (non-hydrogen) atoms. The summed E-state index contributed by atoms with van der Waals surface area (Å²) in [5.41, 5.74) is 5.45. The average molecular weight is 491 g/mol. The minimum absolute atomic E-state index is 0. The van der Waals surface area contributed by atoms with Gasteiger partial charge in [0.05, 0.1) is 5.57 Å². The molecule has 3 rings (SSSR count). The molecule has 174 valence electrons. The largest absolute Gasteiger partial charge is 1.00 e. The Morgan fingerprint density at radius 3 is 2.12 bits per heavy atom. The summed E-state index contributed by atoms with van der Waals surface area (Å²) in [7, 11) is -4.51. The molecule has 0 spiro atoms. The van der Waals surface area contributed by atoms with Crippen LogP contribution in [0.3, 0.4) is 0 Å². The molecule has 0 aromatic heterocycles. The predicted molar refractivity (Wildman–Crippen MR) is 133 cm³/mol. The molecule has 2 aromatic rings. The van der Waals surface area contributed by atoms with Gasteiger partial charge in [0.25, 0.3) is 10.1 Å². The third kappa shape index (κ3) is 5.64. The summed E-state index contributed by atoms with van der Waals surface area (Å²) < 4.78 is 34.6. The third-order valence-electron chi connectivity index (χ3n) is 5.96. The van der Waals surface area contributed by atoms with E-state index >= 15 is 0 Å². The van der Waals surface area contributed by atoms with Gasteiger partial charge in [0.2, 0.25) is 0 Å². The Bertz CT molecular complexity index is 1330. The number of carbonyl (C=O) groups excluding carboxylic acids is 1. The Morgan fingerprint density at radius 1 is 0.941 bits per heavy atom. The fraction of sp³-hybridized carbons (Fsp3) is 0.296. The number of benzene rings is 2. The van der Waals surface area contributed by atoms with Crippen LogP contribution in [0, 0.1) is 12.8 Å². The van der Waals surface area contributed by atoms with Crippen LogP contribution in [0.1, 0.15) is 62.8 Å². The maximum Gasteiger partial charge on any atom is 1.00 e. The van der Waals surface area contributed by atoms with E-state index in [2.05, 4.69) is 0 Å². The van der Waals surface area contributed by atoms with Crippen LogP contribution in [0.15, 0.2) is 70.2 Å². The quantitative estimate of drug-likeness (QED) is 0.383. The standard InChI is InChI=1S/C27H30O5S.Na/c1-15(2)20-13-22(17(5)11-24(20)28)27(19-9-7-8-10-26(19)33(30,31)32)23-14-21(16(3)4)25(29)12-18(23)6;/h7-16,28H,1-6H3,(H,30,31,32);/q;+1/p+1/b27-23+;. The SMILES string of the molecule is CC1=CC(=[OH+])C(C(C)C)=C/C1=C(\c1cc(C(C)C)c(O)cc1C)c1ccccc1S(=O)(=O)O.[Na+]. The van der Waals surface area contributed by atoms with Crippen molar-refractivity contribution in [2.75, 3.05) is 0 Å². The van der Waals surface area contributed by atoms with Gasteiger partial charge in [-0.05, 0) is 83.4 Å². The van der Waals surface area contributed by atoms with E-state index in [4.69, 9.17) is 0 Å². The van der Waals surface area contributed by atoms with E-state index < -0.39 is 10.1 Å². The van der Waals surface area contributed by atoms with Crippen molar-refractivity contribution in [2.24, 2.45) is 5.92 Å². The Balaban J connectivity index is 0.00000408. The van der Waals surface area contributed by atoms with Gasteiger partial charge in [0.15, 0.2) is 0 Å². The van der Waals surface area contributed by atoms with Crippen molar-refractivity contribution in [3.8, 4) is 5.75 Å². The summed E-state index contributed by atoms with van der Waals surface area (Å²) in [6, 6.07) is 9.90. The van der Waals surface area contributed by atoms with E-state index in [9.17, 15) is 22.9 Å². The van der Waals surface area contributed by atoms with Crippen molar-refractivity contribution >= 4 is 21.5 Å². The maximum absolute atomic E-state index is 12.3. The Hall–Kier alpha value is -1.96. The first-order valence-electron chi connectivity index (χ1n) is 10.9. The molecule has 0 saturated carbocycles. The summed E-state index contributed by atoms with van der Waals surface area (Å²) >= 11 is 0. The predicted octanol–water partition coefficient (Wildman–Crippen LogP) is 2.96. The fourth-order valence-electron chi connectivity index (χ4n) is 4.22. The van der Waals surface area contributed by atoms with Crippen molar-refractivity contribution < 1.29 is 52.4 Å². The van der Waals surface area contributed by atoms with Crippen molar-refractivity contribution in [3.05, 3.63) is 87.5 Å². The number of phenols is 1. The second kappa shape index (κ2) is 10.8. The Morgan fingerprint density at radius 2 is 1.56 bits per heavy atom. The zero-order valence-corrected chi connectivity index (χ0v) is 23.7. The van der Waals surface area contributed by atoms with Crippen LogP contribution < -0.4 is 29.6 Å². The summed E-state index contributed by atoms with van der Waals surface area (Å²) in [6.07, 6.45) is 3.56. The first kappa shape index (κ1) is 28.3. The summed E-state index contributed by atoms with van der Waals surface area (Å²) in [6.45, 7) is 11.6. The fourth-order valence-corrected chi connectivity index (χ4v) is 4.91. The van der Waals surface area contributed by atoms with Gasteiger partial charge in [0, 0.05) is 11.6 Å². The summed E-state index contributed by atoms with van der Waals surface area (Å²) in [4.78, 5) is 10.3. The zero-order valence-electron chi connectivity index (χ0n) is 20.8. The van der Waals surface area contributed by atoms with E-state index in [0.717, 1.165) is 33.4 Å². The number of ketones is 1. The number of hydrogen-bond acceptors (Lipinski definition) is 3. The first-order valence-corrected chi connectivity index (χ1v) is 12.4. The molecule has 2 aromatic carbocycles. The molecule has 0 unspecified atom stereocenters. The number of hydrogen-bond donors (Lipinski definition) is 2. The van der Waals surface area contributed by atoms with Crippen LogP contribution in [-0.4, -0.2) is 28.7 Å². The van der Waals surface area contributed by atoms with Gasteiger partial charge in [-0.2, -0.15) is 8.42 Å². The van der Waals surface area contributed by atoms with E-state index in [1.807, 2.05) is 53.7 Å². The number of phenolic OH excluding ortho intramolecular Hbond substituents is 1. The van der Waals surface area contributed by atoms with Crippen molar-refractivity contribution in [1.29, 1.82) is 0 Å². The molecule has 7 heteroatoms. The molecule has 0 bridgehead atoms. The minimum atomic E-state index is -4.51. The van der Waals surface area contributed by atoms with Crippen LogP contribution in [0.4, 0.5) is 0 Å². The van der Waals surface area contributed by atoms with Crippen LogP contribution in [0.25, 0.3) is 5.57 Å². The van der Waals surface area contributed by atoms with Gasteiger partial charge in [0.1, 0.15) is 10.6 Å². The summed E-state index contributed by atoms with van der Waals surface area (Å²) in [5, 5.41) is 10.5. The van der Waals surface area contributed by atoms with Crippen LogP contribution >= 0.6 is 0 Å². The summed E-state index contributed by atoms with van der Waals surface area (Å²) in [5.74, 6) is 0.432. The van der Waals surface area contributed by atoms with Gasteiger partial charge in [-0.3, -0.25) is 9.35 Å². The Labute approximate surface area is 224 Å². The van der Waals surface area contributed by atoms with E-state index in [-0.39, 0.29) is 57.8 Å². The van der Waals surface area contributed by atoms with Gasteiger partial charge in [-0.15, -0.1) is 0 Å². The molecule has 0 fully saturated rings. The third-order valence-corrected chi connectivity index (χ3v) is 6.88. The molecule has 1 aliphatic carbocycles. The monoisotopic (exact) mass is 490 g/mol. The van der Waals surface area contributed by atoms with E-state index in [1.165, 1.54) is 6.07 Å². The molecule has 3 N–H and O–H groups in total. The second-order valence-corrected chi connectivity index (χ2v) is 10.5. The van der Waals surface area contributed by atoms with E-state index in [0.29, 0.717) is 11.1 Å². The molecule has 0 radical (unpaired) electrons. The molecule has 0 atom stereocenters. The second-order valence-electron chi connectivity index (χ2n) is 9.11. The normalized spacial score (nSPS) is 15.7. The minimum Gasteiger partial charge on any atom is -0.508 e. The van der Waals surface area contributed by atoms with Crippen LogP contribution in [-0.2, 0) is 10.1 Å². The average Bonchev–Trinajstić information content (AvgIpc) is 2.70. The molecular weight excluding hydrogens is 459 g/mol. The number of allylic oxidation sites excluding steroid dienone is 5. The number of aromatic hydroxyl groups is 1. The molecule has 1 aliphatic rings. The molecular formula is C27H31NaO5S+2. The van der Waals surface area contributed by atoms with Gasteiger partial charge in [-0.25, -0.2) is 0 Å². The molecule has 0 aliphatic heterocycles. The Kier molecular flexibility index (Phi) is 8.94. The van der Waals surface area contributed by atoms with E-state index in [1.54, 1.807) is 30.3 Å². The smallest absolute Gasteiger partial charge is 0.508 e. The van der Waals surface area contributed by atoms with Gasteiger partial charge >= 0.3 is 35.3 Å². The van der Waals surface area contributed by atoms with Crippen LogP contribution in [0.5, 0.6) is 5.75 Å². The molecule has 0 heterocycles.